The number of carbonyl (C=O) groups excluding carboxylic acids is 1. The quantitative estimate of drug-likeness (QED) is 0.274. The van der Waals surface area contributed by atoms with Crippen molar-refractivity contribution >= 4 is 35.8 Å². The molecule has 0 saturated carbocycles. The zero-order chi connectivity index (χ0) is 18.5. The molecule has 148 valence electrons. The Balaban J connectivity index is 0.00000625. The summed E-state index contributed by atoms with van der Waals surface area (Å²) >= 11 is 0. The minimum atomic E-state index is -0.320. The highest BCUT2D eigenvalue weighted by atomic mass is 127. The predicted octanol–water partition coefficient (Wildman–Crippen LogP) is 2.68. The zero-order valence-electron chi connectivity index (χ0n) is 15.7. The third-order valence-electron chi connectivity index (χ3n) is 3.49. The summed E-state index contributed by atoms with van der Waals surface area (Å²) < 4.78 is 19.0. The summed E-state index contributed by atoms with van der Waals surface area (Å²) in [6.07, 6.45) is 1.96. The smallest absolute Gasteiger partial charge is 0.221 e. The lowest BCUT2D eigenvalue weighted by Gasteiger charge is -2.20. The van der Waals surface area contributed by atoms with Gasteiger partial charge in [0.2, 0.25) is 5.91 Å². The van der Waals surface area contributed by atoms with Crippen molar-refractivity contribution in [2.75, 3.05) is 26.7 Å². The number of nitrogens with one attached hydrogen (secondary N) is 3. The van der Waals surface area contributed by atoms with Crippen LogP contribution in [0, 0.1) is 5.82 Å². The zero-order valence-corrected chi connectivity index (χ0v) is 18.0. The summed E-state index contributed by atoms with van der Waals surface area (Å²) in [5, 5.41) is 9.08. The lowest BCUT2D eigenvalue weighted by atomic mass is 10.2. The molecule has 0 fully saturated rings. The molecule has 0 aromatic heterocycles. The fourth-order valence-corrected chi connectivity index (χ4v) is 2.08. The van der Waals surface area contributed by atoms with Crippen LogP contribution in [0.5, 0.6) is 5.75 Å². The first-order chi connectivity index (χ1) is 12.1. The van der Waals surface area contributed by atoms with Gasteiger partial charge in [-0.1, -0.05) is 19.9 Å². The highest BCUT2D eigenvalue weighted by Gasteiger charge is 2.10. The summed E-state index contributed by atoms with van der Waals surface area (Å²) in [4.78, 5) is 15.7. The van der Waals surface area contributed by atoms with Crippen LogP contribution in [0.15, 0.2) is 29.3 Å². The van der Waals surface area contributed by atoms with Gasteiger partial charge in [-0.3, -0.25) is 9.79 Å². The monoisotopic (exact) mass is 480 g/mol. The molecule has 0 aliphatic rings. The number of halogens is 2. The van der Waals surface area contributed by atoms with Crippen molar-refractivity contribution in [3.63, 3.8) is 0 Å². The Kier molecular flexibility index (Phi) is 13.7. The highest BCUT2D eigenvalue weighted by Crippen LogP contribution is 2.14. The molecule has 1 atom stereocenters. The summed E-state index contributed by atoms with van der Waals surface area (Å²) in [7, 11) is 1.67. The molecular formula is C18H30FIN4O2. The summed E-state index contributed by atoms with van der Waals surface area (Å²) in [5.74, 6) is 0.804. The van der Waals surface area contributed by atoms with Crippen LogP contribution in [0.25, 0.3) is 0 Å². The standard InChI is InChI=1S/C18H29FN4O2.HI/c1-4-10-21-17(24)9-11-22-18(20-3)23-13-15(5-2)25-16-8-6-7-14(19)12-16;/h6-8,12,15H,4-5,9-11,13H2,1-3H3,(H,21,24)(H2,20,22,23);1H. The second-order valence-electron chi connectivity index (χ2n) is 5.59. The summed E-state index contributed by atoms with van der Waals surface area (Å²) in [6, 6.07) is 6.10. The normalized spacial score (nSPS) is 11.9. The van der Waals surface area contributed by atoms with Crippen LogP contribution >= 0.6 is 24.0 Å². The Bertz CT molecular complexity index is 558. The van der Waals surface area contributed by atoms with Crippen molar-refractivity contribution in [2.24, 2.45) is 4.99 Å². The molecule has 0 heterocycles. The van der Waals surface area contributed by atoms with Crippen molar-refractivity contribution in [3.05, 3.63) is 30.1 Å². The first-order valence-corrected chi connectivity index (χ1v) is 8.72. The van der Waals surface area contributed by atoms with E-state index in [1.165, 1.54) is 12.1 Å². The molecule has 0 saturated heterocycles. The Morgan fingerprint density at radius 1 is 1.23 bits per heavy atom. The van der Waals surface area contributed by atoms with Crippen molar-refractivity contribution in [1.29, 1.82) is 0 Å². The summed E-state index contributed by atoms with van der Waals surface area (Å²) in [6.45, 7) is 5.73. The molecule has 1 aromatic carbocycles. The fourth-order valence-electron chi connectivity index (χ4n) is 2.08. The minimum Gasteiger partial charge on any atom is -0.489 e. The largest absolute Gasteiger partial charge is 0.489 e. The molecule has 1 rings (SSSR count). The lowest BCUT2D eigenvalue weighted by Crippen LogP contribution is -2.43. The van der Waals surface area contributed by atoms with Crippen LogP contribution < -0.4 is 20.7 Å². The molecule has 6 nitrogen and oxygen atoms in total. The topological polar surface area (TPSA) is 74.8 Å². The van der Waals surface area contributed by atoms with Crippen LogP contribution in [0.2, 0.25) is 0 Å². The van der Waals surface area contributed by atoms with Gasteiger partial charge in [-0.15, -0.1) is 24.0 Å². The SMILES string of the molecule is CCCNC(=O)CCNC(=NC)NCC(CC)Oc1cccc(F)c1.I. The van der Waals surface area contributed by atoms with E-state index in [1.54, 1.807) is 19.2 Å². The minimum absolute atomic E-state index is 0. The van der Waals surface area contributed by atoms with Gasteiger partial charge in [0.15, 0.2) is 5.96 Å². The van der Waals surface area contributed by atoms with Crippen LogP contribution in [0.3, 0.4) is 0 Å². The Labute approximate surface area is 172 Å². The molecule has 1 amide bonds. The lowest BCUT2D eigenvalue weighted by molar-refractivity contribution is -0.120. The molecule has 0 aliphatic heterocycles. The van der Waals surface area contributed by atoms with Gasteiger partial charge in [-0.2, -0.15) is 0 Å². The molecular weight excluding hydrogens is 450 g/mol. The van der Waals surface area contributed by atoms with Gasteiger partial charge in [0.25, 0.3) is 0 Å². The maximum Gasteiger partial charge on any atom is 0.221 e. The Morgan fingerprint density at radius 3 is 2.62 bits per heavy atom. The second-order valence-corrected chi connectivity index (χ2v) is 5.59. The second kappa shape index (κ2) is 14.6. The van der Waals surface area contributed by atoms with Gasteiger partial charge in [0, 0.05) is 32.6 Å². The highest BCUT2D eigenvalue weighted by molar-refractivity contribution is 14.0. The average Bonchev–Trinajstić information content (AvgIpc) is 2.61. The van der Waals surface area contributed by atoms with Crippen molar-refractivity contribution < 1.29 is 13.9 Å². The van der Waals surface area contributed by atoms with Crippen molar-refractivity contribution in [3.8, 4) is 5.75 Å². The third kappa shape index (κ3) is 10.4. The van der Waals surface area contributed by atoms with E-state index in [4.69, 9.17) is 4.74 Å². The van der Waals surface area contributed by atoms with E-state index < -0.39 is 0 Å². The number of hydrogen-bond donors (Lipinski definition) is 3. The first-order valence-electron chi connectivity index (χ1n) is 8.72. The van der Waals surface area contributed by atoms with Gasteiger partial charge in [0.1, 0.15) is 17.7 Å². The predicted molar refractivity (Wildman–Crippen MR) is 114 cm³/mol. The van der Waals surface area contributed by atoms with E-state index in [9.17, 15) is 9.18 Å². The number of guanidine groups is 1. The average molecular weight is 480 g/mol. The number of rotatable bonds is 10. The molecule has 0 spiro atoms. The number of carbonyl (C=O) groups is 1. The molecule has 8 heteroatoms. The molecule has 0 aliphatic carbocycles. The van der Waals surface area contributed by atoms with Crippen molar-refractivity contribution in [2.45, 2.75) is 39.2 Å². The van der Waals surface area contributed by atoms with E-state index in [0.29, 0.717) is 37.8 Å². The van der Waals surface area contributed by atoms with Crippen LogP contribution in [0.1, 0.15) is 33.1 Å². The first kappa shape index (κ1) is 24.4. The van der Waals surface area contributed by atoms with Gasteiger partial charge in [-0.25, -0.2) is 4.39 Å². The van der Waals surface area contributed by atoms with Gasteiger partial charge in [-0.05, 0) is 25.0 Å². The van der Waals surface area contributed by atoms with Gasteiger partial charge >= 0.3 is 0 Å². The third-order valence-corrected chi connectivity index (χ3v) is 3.49. The number of amides is 1. The molecule has 3 N–H and O–H groups in total. The molecule has 0 radical (unpaired) electrons. The van der Waals surface area contributed by atoms with E-state index in [1.807, 2.05) is 13.8 Å². The molecule has 1 aromatic rings. The maximum atomic E-state index is 13.2. The fraction of sp³-hybridized carbons (Fsp3) is 0.556. The Morgan fingerprint density at radius 2 is 2.00 bits per heavy atom. The number of ether oxygens (including phenoxy) is 1. The number of hydrogen-bond acceptors (Lipinski definition) is 3. The Hall–Kier alpha value is -1.58. The maximum absolute atomic E-state index is 13.2. The number of benzene rings is 1. The number of nitrogens with zero attached hydrogens (tertiary/aromatic N) is 1. The van der Waals surface area contributed by atoms with Crippen molar-refractivity contribution in [1.82, 2.24) is 16.0 Å². The van der Waals surface area contributed by atoms with E-state index in [0.717, 1.165) is 12.8 Å². The molecule has 26 heavy (non-hydrogen) atoms. The van der Waals surface area contributed by atoms with E-state index in [-0.39, 0.29) is 41.8 Å². The molecule has 0 bridgehead atoms. The van der Waals surface area contributed by atoms with E-state index in [2.05, 4.69) is 20.9 Å². The van der Waals surface area contributed by atoms with Crippen LogP contribution in [-0.2, 0) is 4.79 Å². The van der Waals surface area contributed by atoms with Gasteiger partial charge < -0.3 is 20.7 Å². The van der Waals surface area contributed by atoms with Crippen LogP contribution in [0.4, 0.5) is 4.39 Å². The number of aliphatic imine (C=N–C) groups is 1. The summed E-state index contributed by atoms with van der Waals surface area (Å²) in [5.41, 5.74) is 0. The van der Waals surface area contributed by atoms with E-state index >= 15 is 0 Å². The van der Waals surface area contributed by atoms with Crippen LogP contribution in [-0.4, -0.2) is 44.7 Å². The van der Waals surface area contributed by atoms with Gasteiger partial charge in [0.05, 0.1) is 6.54 Å². The molecule has 1 unspecified atom stereocenters.